The van der Waals surface area contributed by atoms with Gasteiger partial charge in [0, 0.05) is 17.7 Å². The van der Waals surface area contributed by atoms with E-state index in [1.165, 1.54) is 13.2 Å². The molecule has 3 N–H and O–H groups in total. The van der Waals surface area contributed by atoms with Crippen molar-refractivity contribution in [3.63, 3.8) is 0 Å². The molecule has 0 amide bonds. The number of aliphatic hydroxyl groups is 3. The molecule has 2 aromatic carbocycles. The lowest BCUT2D eigenvalue weighted by Gasteiger charge is -2.45. The summed E-state index contributed by atoms with van der Waals surface area (Å²) in [6.07, 6.45) is -4.34. The van der Waals surface area contributed by atoms with Crippen LogP contribution >= 0.6 is 11.6 Å². The van der Waals surface area contributed by atoms with E-state index in [1.807, 2.05) is 0 Å². The minimum Gasteiger partial charge on any atom is -0.491 e. The number of halogens is 2. The van der Waals surface area contributed by atoms with Gasteiger partial charge in [-0.15, -0.1) is 0 Å². The Labute approximate surface area is 183 Å². The summed E-state index contributed by atoms with van der Waals surface area (Å²) < 4.78 is 36.4. The second-order valence-electron chi connectivity index (χ2n) is 7.64. The van der Waals surface area contributed by atoms with Gasteiger partial charge in [-0.05, 0) is 48.7 Å². The van der Waals surface area contributed by atoms with E-state index in [0.29, 0.717) is 34.7 Å². The van der Waals surface area contributed by atoms with Gasteiger partial charge in [0.15, 0.2) is 11.6 Å². The molecule has 2 aliphatic heterocycles. The molecular formula is C22H24ClFO7. The second-order valence-corrected chi connectivity index (χ2v) is 8.04. The Hall–Kier alpha value is -1.78. The molecule has 31 heavy (non-hydrogen) atoms. The highest BCUT2D eigenvalue weighted by Gasteiger charge is 2.68. The highest BCUT2D eigenvalue weighted by molar-refractivity contribution is 6.31. The van der Waals surface area contributed by atoms with Crippen molar-refractivity contribution in [3.8, 4) is 5.75 Å². The Kier molecular flexibility index (Phi) is 5.99. The molecule has 4 rings (SSSR count). The van der Waals surface area contributed by atoms with E-state index in [0.717, 1.165) is 0 Å². The zero-order valence-corrected chi connectivity index (χ0v) is 17.8. The van der Waals surface area contributed by atoms with Crippen molar-refractivity contribution in [3.05, 3.63) is 63.9 Å². The molecule has 0 aliphatic carbocycles. The van der Waals surface area contributed by atoms with Gasteiger partial charge in [-0.3, -0.25) is 0 Å². The van der Waals surface area contributed by atoms with Crippen LogP contribution in [-0.4, -0.2) is 59.7 Å². The van der Waals surface area contributed by atoms with Crippen molar-refractivity contribution >= 4 is 11.6 Å². The average molecular weight is 455 g/mol. The van der Waals surface area contributed by atoms with Crippen molar-refractivity contribution in [1.82, 2.24) is 0 Å². The number of rotatable bonds is 6. The summed E-state index contributed by atoms with van der Waals surface area (Å²) in [5.74, 6) is -3.67. The third kappa shape index (κ3) is 3.62. The number of benzene rings is 2. The summed E-state index contributed by atoms with van der Waals surface area (Å²) in [4.78, 5) is 0. The van der Waals surface area contributed by atoms with E-state index in [-0.39, 0.29) is 12.4 Å². The van der Waals surface area contributed by atoms with Gasteiger partial charge in [-0.1, -0.05) is 23.7 Å². The normalized spacial score (nSPS) is 32.3. The van der Waals surface area contributed by atoms with Crippen LogP contribution in [0.3, 0.4) is 0 Å². The van der Waals surface area contributed by atoms with E-state index in [2.05, 4.69) is 0 Å². The van der Waals surface area contributed by atoms with E-state index in [4.69, 9.17) is 30.5 Å². The topological polar surface area (TPSA) is 97.6 Å². The first-order valence-corrected chi connectivity index (χ1v) is 10.3. The number of ether oxygens (including phenoxy) is 4. The predicted molar refractivity (Wildman–Crippen MR) is 108 cm³/mol. The smallest absolute Gasteiger partial charge is 0.227 e. The van der Waals surface area contributed by atoms with Crippen molar-refractivity contribution < 1.29 is 38.7 Å². The predicted octanol–water partition coefficient (Wildman–Crippen LogP) is 2.11. The van der Waals surface area contributed by atoms with Gasteiger partial charge >= 0.3 is 0 Å². The van der Waals surface area contributed by atoms with Gasteiger partial charge in [0.25, 0.3) is 0 Å². The monoisotopic (exact) mass is 454 g/mol. The van der Waals surface area contributed by atoms with Crippen molar-refractivity contribution in [2.45, 2.75) is 43.2 Å². The first-order chi connectivity index (χ1) is 14.8. The molecule has 2 aliphatic rings. The summed E-state index contributed by atoms with van der Waals surface area (Å²) in [6, 6.07) is 9.54. The van der Waals surface area contributed by atoms with Crippen molar-refractivity contribution in [1.29, 1.82) is 0 Å². The zero-order valence-electron chi connectivity index (χ0n) is 17.0. The molecule has 9 heteroatoms. The Morgan fingerprint density at radius 1 is 1.16 bits per heavy atom. The standard InChI is InChI=1S/C22H24ClFO7/c1-3-29-17-7-4-12(9-16(17)24)8-13-10-14(5-6-15(13)23)22-20(27)18(25)19(26)21(28-2,31-22)11-30-22/h4-7,9-10,18-20,25-27H,3,8,11H2,1-2H3/t18-,19-,20+,21-,22-/m0/s1. The van der Waals surface area contributed by atoms with Crippen LogP contribution in [-0.2, 0) is 26.4 Å². The maximum absolute atomic E-state index is 14.2. The fourth-order valence-corrected chi connectivity index (χ4v) is 4.26. The van der Waals surface area contributed by atoms with Crippen LogP contribution in [0.25, 0.3) is 0 Å². The summed E-state index contributed by atoms with van der Waals surface area (Å²) in [7, 11) is 1.32. The van der Waals surface area contributed by atoms with E-state index in [1.54, 1.807) is 37.3 Å². The Bertz CT molecular complexity index is 973. The van der Waals surface area contributed by atoms with Gasteiger partial charge in [-0.2, -0.15) is 0 Å². The minimum atomic E-state index is -1.75. The fourth-order valence-electron chi connectivity index (χ4n) is 4.08. The molecule has 2 bridgehead atoms. The van der Waals surface area contributed by atoms with Gasteiger partial charge in [0.2, 0.25) is 11.6 Å². The molecule has 7 nitrogen and oxygen atoms in total. The van der Waals surface area contributed by atoms with Gasteiger partial charge in [0.05, 0.1) is 6.61 Å². The van der Waals surface area contributed by atoms with Crippen molar-refractivity contribution in [2.75, 3.05) is 20.3 Å². The SMILES string of the molecule is CCOc1ccc(Cc2cc([C@]34OC[C@](OC)(O3)[C@@H](O)[C@H](O)[C@H]4O)ccc2Cl)cc1F. The Balaban J connectivity index is 1.68. The first kappa shape index (κ1) is 22.4. The third-order valence-electron chi connectivity index (χ3n) is 5.78. The number of hydrogen-bond acceptors (Lipinski definition) is 7. The lowest BCUT2D eigenvalue weighted by Crippen LogP contribution is -2.64. The molecule has 2 aromatic rings. The highest BCUT2D eigenvalue weighted by atomic mass is 35.5. The maximum Gasteiger partial charge on any atom is 0.227 e. The van der Waals surface area contributed by atoms with Crippen molar-refractivity contribution in [2.24, 2.45) is 0 Å². The summed E-state index contributed by atoms with van der Waals surface area (Å²) >= 11 is 6.37. The maximum atomic E-state index is 14.2. The molecular weight excluding hydrogens is 431 g/mol. The van der Waals surface area contributed by atoms with Crippen LogP contribution < -0.4 is 4.74 Å². The molecule has 0 radical (unpaired) electrons. The number of methoxy groups -OCH3 is 1. The zero-order chi connectivity index (χ0) is 22.4. The van der Waals surface area contributed by atoms with Gasteiger partial charge in [0.1, 0.15) is 24.9 Å². The van der Waals surface area contributed by atoms with Gasteiger partial charge in [-0.25, -0.2) is 4.39 Å². The van der Waals surface area contributed by atoms with E-state index < -0.39 is 35.7 Å². The van der Waals surface area contributed by atoms with E-state index in [9.17, 15) is 19.7 Å². The van der Waals surface area contributed by atoms with Crippen LogP contribution in [0, 0.1) is 5.82 Å². The molecule has 5 atom stereocenters. The number of fused-ring (bicyclic) bond motifs is 2. The summed E-state index contributed by atoms with van der Waals surface area (Å²) in [5, 5.41) is 31.8. The third-order valence-corrected chi connectivity index (χ3v) is 6.15. The molecule has 0 unspecified atom stereocenters. The van der Waals surface area contributed by atoms with Crippen LogP contribution in [0.2, 0.25) is 5.02 Å². The molecule has 2 fully saturated rings. The summed E-state index contributed by atoms with van der Waals surface area (Å²) in [5.41, 5.74) is 1.68. The van der Waals surface area contributed by atoms with Gasteiger partial charge < -0.3 is 34.3 Å². The quantitative estimate of drug-likeness (QED) is 0.615. The minimum absolute atomic E-state index is 0.173. The summed E-state index contributed by atoms with van der Waals surface area (Å²) in [6.45, 7) is 1.94. The van der Waals surface area contributed by atoms with E-state index >= 15 is 0 Å². The molecule has 2 heterocycles. The average Bonchev–Trinajstić information content (AvgIpc) is 3.15. The molecule has 0 aromatic heterocycles. The van der Waals surface area contributed by atoms with Crippen LogP contribution in [0.1, 0.15) is 23.6 Å². The lowest BCUT2D eigenvalue weighted by atomic mass is 9.87. The van der Waals surface area contributed by atoms with Crippen LogP contribution in [0.15, 0.2) is 36.4 Å². The fraction of sp³-hybridized carbons (Fsp3) is 0.455. The molecule has 0 spiro atoms. The largest absolute Gasteiger partial charge is 0.491 e. The first-order valence-electron chi connectivity index (χ1n) is 9.90. The Morgan fingerprint density at radius 2 is 1.94 bits per heavy atom. The molecule has 168 valence electrons. The second kappa shape index (κ2) is 8.29. The van der Waals surface area contributed by atoms with Crippen LogP contribution in [0.5, 0.6) is 5.75 Å². The molecule has 2 saturated heterocycles. The molecule has 0 saturated carbocycles. The number of hydrogen-bond donors (Lipinski definition) is 3. The number of aliphatic hydroxyl groups excluding tert-OH is 3. The highest BCUT2D eigenvalue weighted by Crippen LogP contribution is 2.50. The lowest BCUT2D eigenvalue weighted by molar-refractivity contribution is -0.375. The van der Waals surface area contributed by atoms with Crippen LogP contribution in [0.4, 0.5) is 4.39 Å². The Morgan fingerprint density at radius 3 is 2.61 bits per heavy atom.